The third-order valence-electron chi connectivity index (χ3n) is 4.79. The van der Waals surface area contributed by atoms with Gasteiger partial charge in [-0.2, -0.15) is 16.9 Å². The minimum atomic E-state index is -0.896. The van der Waals surface area contributed by atoms with Gasteiger partial charge in [-0.25, -0.2) is 4.79 Å². The van der Waals surface area contributed by atoms with E-state index in [1.807, 2.05) is 0 Å². The molecule has 2 fully saturated rings. The Morgan fingerprint density at radius 2 is 2.13 bits per heavy atom. The van der Waals surface area contributed by atoms with E-state index in [-0.39, 0.29) is 10.7 Å². The standard InChI is InChI=1S/C15H22N4O3S/c1-18-8-10(7-17-18)19-11(3-4-12(19)14(21)22)13(20)16-9-15(23-2)5-6-15/h7-8,11-12H,3-6,9H2,1-2H3,(H,16,20)(H,21,22). The number of carboxylic acids is 1. The summed E-state index contributed by atoms with van der Waals surface area (Å²) in [6.07, 6.45) is 8.71. The van der Waals surface area contributed by atoms with Gasteiger partial charge in [-0.1, -0.05) is 0 Å². The molecule has 1 aromatic rings. The number of nitrogens with one attached hydrogen (secondary N) is 1. The zero-order valence-corrected chi connectivity index (χ0v) is 14.2. The van der Waals surface area contributed by atoms with Crippen molar-refractivity contribution in [1.29, 1.82) is 0 Å². The van der Waals surface area contributed by atoms with Crippen molar-refractivity contribution in [3.63, 3.8) is 0 Å². The molecule has 0 spiro atoms. The molecule has 1 aromatic heterocycles. The summed E-state index contributed by atoms with van der Waals surface area (Å²) in [4.78, 5) is 25.8. The number of carboxylic acid groups (broad SMARTS) is 1. The maximum absolute atomic E-state index is 12.6. The Labute approximate surface area is 139 Å². The molecular weight excluding hydrogens is 316 g/mol. The van der Waals surface area contributed by atoms with Crippen LogP contribution in [0.1, 0.15) is 25.7 Å². The quantitative estimate of drug-likeness (QED) is 0.800. The summed E-state index contributed by atoms with van der Waals surface area (Å²) in [5, 5.41) is 16.6. The summed E-state index contributed by atoms with van der Waals surface area (Å²) in [6, 6.07) is -1.12. The van der Waals surface area contributed by atoms with Crippen LogP contribution in [0.5, 0.6) is 0 Å². The van der Waals surface area contributed by atoms with Crippen LogP contribution in [0.15, 0.2) is 12.4 Å². The fourth-order valence-electron chi connectivity index (χ4n) is 3.17. The molecule has 0 aromatic carbocycles. The highest BCUT2D eigenvalue weighted by molar-refractivity contribution is 8.00. The van der Waals surface area contributed by atoms with Crippen molar-refractivity contribution >= 4 is 29.3 Å². The van der Waals surface area contributed by atoms with Crippen molar-refractivity contribution in [2.45, 2.75) is 42.5 Å². The molecular formula is C15H22N4O3S. The molecule has 1 saturated carbocycles. The first-order chi connectivity index (χ1) is 11.0. The molecule has 0 radical (unpaired) electrons. The van der Waals surface area contributed by atoms with E-state index >= 15 is 0 Å². The van der Waals surface area contributed by atoms with E-state index in [1.54, 1.807) is 40.8 Å². The van der Waals surface area contributed by atoms with Gasteiger partial charge < -0.3 is 15.3 Å². The molecule has 1 aliphatic carbocycles. The number of aromatic nitrogens is 2. The van der Waals surface area contributed by atoms with E-state index in [0.29, 0.717) is 25.1 Å². The minimum absolute atomic E-state index is 0.0853. The molecule has 1 aliphatic heterocycles. The number of hydrogen-bond acceptors (Lipinski definition) is 5. The molecule has 7 nitrogen and oxygen atoms in total. The van der Waals surface area contributed by atoms with E-state index in [2.05, 4.69) is 16.7 Å². The Balaban J connectivity index is 1.74. The van der Waals surface area contributed by atoms with Gasteiger partial charge in [-0.3, -0.25) is 9.48 Å². The summed E-state index contributed by atoms with van der Waals surface area (Å²) >= 11 is 1.79. The van der Waals surface area contributed by atoms with E-state index in [4.69, 9.17) is 0 Å². The minimum Gasteiger partial charge on any atom is -0.480 e. The second-order valence-corrected chi connectivity index (χ2v) is 7.61. The van der Waals surface area contributed by atoms with Crippen LogP contribution in [0.4, 0.5) is 5.69 Å². The van der Waals surface area contributed by atoms with Crippen LogP contribution in [0.25, 0.3) is 0 Å². The maximum Gasteiger partial charge on any atom is 0.326 e. The van der Waals surface area contributed by atoms with Gasteiger partial charge in [-0.15, -0.1) is 0 Å². The predicted molar refractivity (Wildman–Crippen MR) is 88.6 cm³/mol. The summed E-state index contributed by atoms with van der Waals surface area (Å²) in [7, 11) is 1.78. The Morgan fingerprint density at radius 1 is 1.43 bits per heavy atom. The van der Waals surface area contributed by atoms with Gasteiger partial charge in [0, 0.05) is 24.5 Å². The van der Waals surface area contributed by atoms with E-state index < -0.39 is 18.1 Å². The zero-order valence-electron chi connectivity index (χ0n) is 13.4. The van der Waals surface area contributed by atoms with Crippen molar-refractivity contribution in [3.8, 4) is 0 Å². The largest absolute Gasteiger partial charge is 0.480 e. The van der Waals surface area contributed by atoms with Gasteiger partial charge >= 0.3 is 5.97 Å². The summed E-state index contributed by atoms with van der Waals surface area (Å²) in [5.74, 6) is -0.982. The number of amides is 1. The fourth-order valence-corrected chi connectivity index (χ4v) is 3.90. The lowest BCUT2D eigenvalue weighted by Gasteiger charge is -2.28. The van der Waals surface area contributed by atoms with Crippen molar-refractivity contribution in [1.82, 2.24) is 15.1 Å². The first-order valence-electron chi connectivity index (χ1n) is 7.78. The van der Waals surface area contributed by atoms with Crippen molar-refractivity contribution in [3.05, 3.63) is 12.4 Å². The SMILES string of the molecule is CSC1(CNC(=O)C2CCC(C(=O)O)N2c2cnn(C)c2)CC1. The Bertz CT molecular complexity index is 614. The lowest BCUT2D eigenvalue weighted by atomic mass is 10.2. The number of hydrogen-bond donors (Lipinski definition) is 2. The zero-order chi connectivity index (χ0) is 16.6. The van der Waals surface area contributed by atoms with Crippen LogP contribution in [-0.4, -0.2) is 56.4 Å². The van der Waals surface area contributed by atoms with Crippen LogP contribution >= 0.6 is 11.8 Å². The van der Waals surface area contributed by atoms with Gasteiger partial charge in [0.1, 0.15) is 12.1 Å². The second kappa shape index (κ2) is 6.07. The van der Waals surface area contributed by atoms with E-state index in [9.17, 15) is 14.7 Å². The average Bonchev–Trinajstić information content (AvgIpc) is 2.95. The Morgan fingerprint density at radius 3 is 2.65 bits per heavy atom. The van der Waals surface area contributed by atoms with Crippen LogP contribution < -0.4 is 10.2 Å². The number of anilines is 1. The highest BCUT2D eigenvalue weighted by atomic mass is 32.2. The number of carbonyl (C=O) groups is 2. The molecule has 8 heteroatoms. The third-order valence-corrected chi connectivity index (χ3v) is 6.21. The van der Waals surface area contributed by atoms with E-state index in [0.717, 1.165) is 12.8 Å². The topological polar surface area (TPSA) is 87.5 Å². The van der Waals surface area contributed by atoms with Gasteiger partial charge in [-0.05, 0) is 31.9 Å². The second-order valence-electron chi connectivity index (χ2n) is 6.33. The van der Waals surface area contributed by atoms with Crippen LogP contribution in [0.3, 0.4) is 0 Å². The monoisotopic (exact) mass is 338 g/mol. The Hall–Kier alpha value is -1.70. The molecule has 1 saturated heterocycles. The first-order valence-corrected chi connectivity index (χ1v) is 9.01. The fraction of sp³-hybridized carbons (Fsp3) is 0.667. The van der Waals surface area contributed by atoms with Crippen LogP contribution in [0, 0.1) is 0 Å². The highest BCUT2D eigenvalue weighted by Gasteiger charge is 2.45. The number of carbonyl (C=O) groups excluding carboxylic acids is 1. The maximum atomic E-state index is 12.6. The molecule has 2 N–H and O–H groups in total. The van der Waals surface area contributed by atoms with Crippen LogP contribution in [-0.2, 0) is 16.6 Å². The van der Waals surface area contributed by atoms with Crippen molar-refractivity contribution in [2.24, 2.45) is 7.05 Å². The first kappa shape index (κ1) is 16.2. The summed E-state index contributed by atoms with van der Waals surface area (Å²) < 4.78 is 1.81. The van der Waals surface area contributed by atoms with Gasteiger partial charge in [0.2, 0.25) is 5.91 Å². The molecule has 2 aliphatic rings. The molecule has 2 unspecified atom stereocenters. The van der Waals surface area contributed by atoms with Gasteiger partial charge in [0.25, 0.3) is 0 Å². The molecule has 1 amide bonds. The van der Waals surface area contributed by atoms with Gasteiger partial charge in [0.15, 0.2) is 0 Å². The van der Waals surface area contributed by atoms with Crippen LogP contribution in [0.2, 0.25) is 0 Å². The summed E-state index contributed by atoms with van der Waals surface area (Å²) in [5.41, 5.74) is 0.684. The van der Waals surface area contributed by atoms with E-state index in [1.165, 1.54) is 0 Å². The number of nitrogens with zero attached hydrogens (tertiary/aromatic N) is 3. The molecule has 2 atom stereocenters. The smallest absolute Gasteiger partial charge is 0.326 e. The molecule has 126 valence electrons. The molecule has 23 heavy (non-hydrogen) atoms. The number of aliphatic carboxylic acids is 1. The summed E-state index contributed by atoms with van der Waals surface area (Å²) in [6.45, 7) is 0.655. The lowest BCUT2D eigenvalue weighted by Crippen LogP contribution is -2.49. The third kappa shape index (κ3) is 3.17. The number of aryl methyl sites for hydroxylation is 1. The molecule has 2 heterocycles. The van der Waals surface area contributed by atoms with Crippen molar-refractivity contribution < 1.29 is 14.7 Å². The molecule has 3 rings (SSSR count). The average molecular weight is 338 g/mol. The molecule has 0 bridgehead atoms. The highest BCUT2D eigenvalue weighted by Crippen LogP contribution is 2.46. The normalized spacial score (nSPS) is 25.4. The number of rotatable bonds is 6. The number of thioether (sulfide) groups is 1. The predicted octanol–water partition coefficient (Wildman–Crippen LogP) is 0.854. The van der Waals surface area contributed by atoms with Crippen molar-refractivity contribution in [2.75, 3.05) is 17.7 Å². The Kier molecular flexibility index (Phi) is 4.27. The van der Waals surface area contributed by atoms with Gasteiger partial charge in [0.05, 0.1) is 11.9 Å². The lowest BCUT2D eigenvalue weighted by molar-refractivity contribution is -0.138.